The minimum absolute atomic E-state index is 0.162. The number of aromatic amines is 1. The van der Waals surface area contributed by atoms with E-state index in [0.29, 0.717) is 35.2 Å². The topological polar surface area (TPSA) is 118 Å². The summed E-state index contributed by atoms with van der Waals surface area (Å²) >= 11 is 2.58. The van der Waals surface area contributed by atoms with Crippen LogP contribution in [-0.2, 0) is 20.6 Å². The highest BCUT2D eigenvalue weighted by atomic mass is 32.2. The zero-order valence-corrected chi connectivity index (χ0v) is 29.0. The van der Waals surface area contributed by atoms with Gasteiger partial charge in [0.15, 0.2) is 18.1 Å². The number of imide groups is 1. The van der Waals surface area contributed by atoms with Crippen LogP contribution in [0.5, 0.6) is 11.5 Å². The molecule has 0 radical (unpaired) electrons. The van der Waals surface area contributed by atoms with Crippen LogP contribution >= 0.6 is 23.1 Å². The molecular weight excluding hydrogens is 704 g/mol. The third-order valence-corrected chi connectivity index (χ3v) is 13.2. The van der Waals surface area contributed by atoms with Gasteiger partial charge >= 0.3 is 11.0 Å². The fraction of sp³-hybridized carbons (Fsp3) is 0.351. The van der Waals surface area contributed by atoms with Crippen LogP contribution in [0.4, 0.5) is 24.5 Å². The molecule has 2 aliphatic heterocycles. The smallest absolute Gasteiger partial charge is 0.418 e. The second-order valence-corrected chi connectivity index (χ2v) is 15.5. The maximum absolute atomic E-state index is 14.1. The lowest BCUT2D eigenvalue weighted by Crippen LogP contribution is -2.42. The molecule has 14 heteroatoms. The van der Waals surface area contributed by atoms with Crippen LogP contribution in [-0.4, -0.2) is 41.2 Å². The Balaban J connectivity index is 1.12. The number of thioether (sulfide) groups is 1. The summed E-state index contributed by atoms with van der Waals surface area (Å²) < 4.78 is 54.0. The number of hydrogen-bond acceptors (Lipinski definition) is 8. The average molecular weight is 736 g/mol. The molecule has 9 nitrogen and oxygen atoms in total. The zero-order chi connectivity index (χ0) is 35.8. The van der Waals surface area contributed by atoms with Crippen LogP contribution in [0.3, 0.4) is 0 Å². The number of anilines is 2. The molecule has 0 spiro atoms. The summed E-state index contributed by atoms with van der Waals surface area (Å²) in [7, 11) is 0. The highest BCUT2D eigenvalue weighted by molar-refractivity contribution is 8.00. The quantitative estimate of drug-likeness (QED) is 0.190. The van der Waals surface area contributed by atoms with Crippen molar-refractivity contribution in [2.45, 2.75) is 42.6 Å². The molecule has 51 heavy (non-hydrogen) atoms. The summed E-state index contributed by atoms with van der Waals surface area (Å²) in [5, 5.41) is 3.38. The molecule has 1 saturated heterocycles. The summed E-state index contributed by atoms with van der Waals surface area (Å²) in [5.41, 5.74) is 0.939. The van der Waals surface area contributed by atoms with Gasteiger partial charge in [0.05, 0.1) is 34.7 Å². The fourth-order valence-electron chi connectivity index (χ4n) is 8.68. The third-order valence-electron chi connectivity index (χ3n) is 10.6. The first-order valence-corrected chi connectivity index (χ1v) is 18.3. The van der Waals surface area contributed by atoms with Crippen molar-refractivity contribution in [2.24, 2.45) is 29.6 Å². The molecule has 2 bridgehead atoms. The number of benzene rings is 3. The van der Waals surface area contributed by atoms with E-state index in [1.165, 1.54) is 30.0 Å². The largest absolute Gasteiger partial charge is 0.490 e. The van der Waals surface area contributed by atoms with Crippen LogP contribution in [0.2, 0.25) is 0 Å². The number of halogens is 3. The molecule has 3 aromatic carbocycles. The number of aromatic nitrogens is 1. The SMILES string of the molecule is CCOc1cc([C@@H]2c3sc(=O)[nH]c3S[C@@H]3[C@@H]4C[C@@H]([C@@H]5C(=O)N(c6ccccc6C(F)(F)F)C(=O)[C@@H]45)[C@H]23)ccc1OCC(=O)Nc1ccccc1C. The molecule has 3 heterocycles. The van der Waals surface area contributed by atoms with E-state index in [-0.39, 0.29) is 46.3 Å². The third kappa shape index (κ3) is 5.54. The van der Waals surface area contributed by atoms with E-state index in [2.05, 4.69) is 10.3 Å². The van der Waals surface area contributed by atoms with E-state index in [1.54, 1.807) is 12.1 Å². The van der Waals surface area contributed by atoms with E-state index < -0.39 is 41.1 Å². The van der Waals surface area contributed by atoms with Crippen molar-refractivity contribution in [3.05, 3.63) is 98.0 Å². The monoisotopic (exact) mass is 735 g/mol. The van der Waals surface area contributed by atoms with Gasteiger partial charge in [0.2, 0.25) is 11.8 Å². The lowest BCUT2D eigenvalue weighted by atomic mass is 9.68. The second kappa shape index (κ2) is 12.6. The second-order valence-electron chi connectivity index (χ2n) is 13.3. The van der Waals surface area contributed by atoms with Crippen LogP contribution in [0.25, 0.3) is 0 Å². The Morgan fingerprint density at radius 1 is 0.961 bits per heavy atom. The maximum Gasteiger partial charge on any atom is 0.418 e. The molecule has 2 N–H and O–H groups in total. The van der Waals surface area contributed by atoms with E-state index >= 15 is 0 Å². The van der Waals surface area contributed by atoms with Crippen LogP contribution < -0.4 is 24.6 Å². The number of aryl methyl sites for hydroxylation is 1. The van der Waals surface area contributed by atoms with Gasteiger partial charge in [-0.3, -0.25) is 19.2 Å². The van der Waals surface area contributed by atoms with Crippen molar-refractivity contribution < 1.29 is 37.0 Å². The lowest BCUT2D eigenvalue weighted by Gasteiger charge is -2.43. The number of para-hydroxylation sites is 2. The summed E-state index contributed by atoms with van der Waals surface area (Å²) in [6.45, 7) is 3.76. The summed E-state index contributed by atoms with van der Waals surface area (Å²) in [6.07, 6.45) is -4.17. The van der Waals surface area contributed by atoms with Gasteiger partial charge in [0.1, 0.15) is 0 Å². The molecule has 3 amide bonds. The van der Waals surface area contributed by atoms with Crippen molar-refractivity contribution in [3.63, 3.8) is 0 Å². The normalized spacial score (nSPS) is 26.1. The number of nitrogens with one attached hydrogen (secondary N) is 2. The molecule has 4 aromatic rings. The highest BCUT2D eigenvalue weighted by Gasteiger charge is 2.70. The minimum Gasteiger partial charge on any atom is -0.490 e. The van der Waals surface area contributed by atoms with Crippen molar-refractivity contribution in [3.8, 4) is 11.5 Å². The number of fused-ring (bicyclic) bond motifs is 9. The molecule has 8 rings (SSSR count). The Morgan fingerprint density at radius 3 is 2.43 bits per heavy atom. The maximum atomic E-state index is 14.1. The van der Waals surface area contributed by atoms with Gasteiger partial charge < -0.3 is 19.8 Å². The van der Waals surface area contributed by atoms with Crippen molar-refractivity contribution in [2.75, 3.05) is 23.4 Å². The number of H-pyrrole nitrogens is 1. The molecule has 4 aliphatic rings. The first-order chi connectivity index (χ1) is 24.5. The van der Waals surface area contributed by atoms with Crippen molar-refractivity contribution >= 4 is 52.2 Å². The van der Waals surface area contributed by atoms with Crippen molar-refractivity contribution in [1.29, 1.82) is 0 Å². The molecule has 0 unspecified atom stereocenters. The number of rotatable bonds is 8. The van der Waals surface area contributed by atoms with Crippen molar-refractivity contribution in [1.82, 2.24) is 4.98 Å². The molecular formula is C37H32F3N3O6S2. The van der Waals surface area contributed by atoms with Gasteiger partial charge in [-0.1, -0.05) is 47.7 Å². The Bertz CT molecular complexity index is 2130. The van der Waals surface area contributed by atoms with Gasteiger partial charge in [-0.2, -0.15) is 13.2 Å². The Labute approximate surface area is 298 Å². The van der Waals surface area contributed by atoms with Gasteiger partial charge in [-0.25, -0.2) is 4.90 Å². The Kier molecular flexibility index (Phi) is 8.29. The van der Waals surface area contributed by atoms with E-state index in [0.717, 1.165) is 38.3 Å². The number of carbonyl (C=O) groups is 3. The summed E-state index contributed by atoms with van der Waals surface area (Å²) in [6, 6.07) is 17.5. The summed E-state index contributed by atoms with van der Waals surface area (Å²) in [4.78, 5) is 57.8. The highest BCUT2D eigenvalue weighted by Crippen LogP contribution is 2.69. The van der Waals surface area contributed by atoms with Gasteiger partial charge in [-0.05, 0) is 79.5 Å². The van der Waals surface area contributed by atoms with E-state index in [1.807, 2.05) is 44.2 Å². The van der Waals surface area contributed by atoms with Gasteiger partial charge in [0.25, 0.3) is 5.91 Å². The van der Waals surface area contributed by atoms with E-state index in [9.17, 15) is 32.3 Å². The Hall–Kier alpha value is -4.56. The van der Waals surface area contributed by atoms with Gasteiger partial charge in [-0.15, -0.1) is 11.8 Å². The number of amides is 3. The predicted molar refractivity (Wildman–Crippen MR) is 185 cm³/mol. The fourth-order valence-corrected chi connectivity index (χ4v) is 11.6. The van der Waals surface area contributed by atoms with Crippen LogP contribution in [0.1, 0.15) is 40.8 Å². The lowest BCUT2D eigenvalue weighted by molar-refractivity contribution is -0.137. The first-order valence-electron chi connectivity index (χ1n) is 16.6. The average Bonchev–Trinajstić information content (AvgIpc) is 3.83. The Morgan fingerprint density at radius 2 is 1.69 bits per heavy atom. The number of nitrogens with zero attached hydrogens (tertiary/aromatic N) is 1. The molecule has 3 fully saturated rings. The zero-order valence-electron chi connectivity index (χ0n) is 27.4. The van der Waals surface area contributed by atoms with Crippen LogP contribution in [0, 0.1) is 36.5 Å². The number of thiazole rings is 1. The number of alkyl halides is 3. The predicted octanol–water partition coefficient (Wildman–Crippen LogP) is 6.86. The van der Waals surface area contributed by atoms with E-state index in [4.69, 9.17) is 9.47 Å². The molecule has 2 saturated carbocycles. The number of carbonyl (C=O) groups excluding carboxylic acids is 3. The number of ether oxygens (including phenoxy) is 2. The first kappa shape index (κ1) is 33.6. The minimum atomic E-state index is -4.75. The molecule has 7 atom stereocenters. The molecule has 1 aromatic heterocycles. The molecule has 2 aliphatic carbocycles. The number of hydrogen-bond donors (Lipinski definition) is 2. The molecule has 264 valence electrons. The standard InChI is InChI=1S/C37H32F3N3O6S2/c1-3-48-25-14-18(12-13-24(25)49-16-26(44)41-22-10-6-4-8-17(22)2)27-28-19-15-20(31(28)50-33-32(27)51-36(47)42-33)30-29(19)34(45)43(35(30)46)23-11-7-5-9-21(23)37(38,39)40/h4-14,19-20,27-31H,3,15-16H2,1-2H3,(H,41,44)(H,42,47)/t19-,20-,27+,28-,29+,30+,31-/m1/s1. The van der Waals surface area contributed by atoms with Gasteiger partial charge in [0, 0.05) is 21.7 Å². The summed E-state index contributed by atoms with van der Waals surface area (Å²) in [5.74, 6) is -3.42. The van der Waals surface area contributed by atoms with Crippen LogP contribution in [0.15, 0.2) is 76.6 Å².